The standard InChI is InChI=1S/C16H14N2/c1-2-12-11-15-14(9-6-10-17-15)18-16(12)13-7-4-3-5-8-13/h3-11H,2H2,1H3. The molecule has 0 atom stereocenters. The number of rotatable bonds is 2. The molecule has 0 radical (unpaired) electrons. The van der Waals surface area contributed by atoms with Crippen LogP contribution in [0, 0.1) is 0 Å². The molecule has 3 aromatic rings. The van der Waals surface area contributed by atoms with E-state index in [1.165, 1.54) is 11.1 Å². The number of hydrogen-bond acceptors (Lipinski definition) is 2. The average molecular weight is 234 g/mol. The highest BCUT2D eigenvalue weighted by atomic mass is 14.8. The zero-order chi connectivity index (χ0) is 12.4. The van der Waals surface area contributed by atoms with E-state index in [1.807, 2.05) is 36.5 Å². The van der Waals surface area contributed by atoms with Crippen LogP contribution in [0.2, 0.25) is 0 Å². The van der Waals surface area contributed by atoms with E-state index in [1.54, 1.807) is 0 Å². The van der Waals surface area contributed by atoms with Crippen LogP contribution in [0.3, 0.4) is 0 Å². The SMILES string of the molecule is CCc1cc2ncccc2nc1-c1ccccc1. The smallest absolute Gasteiger partial charge is 0.0894 e. The van der Waals surface area contributed by atoms with Gasteiger partial charge in [-0.25, -0.2) is 4.98 Å². The minimum absolute atomic E-state index is 0.952. The van der Waals surface area contributed by atoms with Gasteiger partial charge in [0.2, 0.25) is 0 Å². The molecule has 0 bridgehead atoms. The summed E-state index contributed by atoms with van der Waals surface area (Å²) in [6.45, 7) is 2.15. The molecular formula is C16H14N2. The molecule has 0 aliphatic carbocycles. The maximum atomic E-state index is 4.75. The topological polar surface area (TPSA) is 25.8 Å². The number of aryl methyl sites for hydroxylation is 1. The molecule has 0 aliphatic rings. The molecule has 0 N–H and O–H groups in total. The summed E-state index contributed by atoms with van der Waals surface area (Å²) in [7, 11) is 0. The number of pyridine rings is 2. The predicted octanol–water partition coefficient (Wildman–Crippen LogP) is 3.86. The van der Waals surface area contributed by atoms with Crippen LogP contribution in [-0.2, 0) is 6.42 Å². The Morgan fingerprint density at radius 3 is 2.56 bits per heavy atom. The maximum absolute atomic E-state index is 4.75. The zero-order valence-corrected chi connectivity index (χ0v) is 10.3. The van der Waals surface area contributed by atoms with E-state index in [2.05, 4.69) is 30.1 Å². The van der Waals surface area contributed by atoms with Crippen molar-refractivity contribution in [2.75, 3.05) is 0 Å². The summed E-state index contributed by atoms with van der Waals surface area (Å²) >= 11 is 0. The molecule has 0 saturated carbocycles. The Bertz CT molecular complexity index is 675. The fraction of sp³-hybridized carbons (Fsp3) is 0.125. The first-order valence-electron chi connectivity index (χ1n) is 6.18. The second-order valence-corrected chi connectivity index (χ2v) is 4.26. The van der Waals surface area contributed by atoms with Crippen molar-refractivity contribution < 1.29 is 0 Å². The van der Waals surface area contributed by atoms with Gasteiger partial charge in [-0.3, -0.25) is 4.98 Å². The highest BCUT2D eigenvalue weighted by molar-refractivity contribution is 5.79. The molecule has 18 heavy (non-hydrogen) atoms. The number of nitrogens with zero attached hydrogens (tertiary/aromatic N) is 2. The largest absolute Gasteiger partial charge is 0.255 e. The first-order valence-corrected chi connectivity index (χ1v) is 6.18. The molecule has 2 heterocycles. The third-order valence-electron chi connectivity index (χ3n) is 3.09. The number of hydrogen-bond donors (Lipinski definition) is 0. The van der Waals surface area contributed by atoms with E-state index < -0.39 is 0 Å². The highest BCUT2D eigenvalue weighted by Crippen LogP contribution is 2.24. The van der Waals surface area contributed by atoms with E-state index in [0.717, 1.165) is 23.1 Å². The summed E-state index contributed by atoms with van der Waals surface area (Å²) in [5.41, 5.74) is 5.40. The van der Waals surface area contributed by atoms with Gasteiger partial charge in [-0.15, -0.1) is 0 Å². The minimum atomic E-state index is 0.952. The van der Waals surface area contributed by atoms with Crippen LogP contribution in [0.25, 0.3) is 22.3 Å². The van der Waals surface area contributed by atoms with E-state index >= 15 is 0 Å². The lowest BCUT2D eigenvalue weighted by Gasteiger charge is -2.08. The summed E-state index contributed by atoms with van der Waals surface area (Å²) < 4.78 is 0. The summed E-state index contributed by atoms with van der Waals surface area (Å²) in [4.78, 5) is 9.12. The molecule has 2 heteroatoms. The average Bonchev–Trinajstić information content (AvgIpc) is 2.46. The van der Waals surface area contributed by atoms with E-state index in [-0.39, 0.29) is 0 Å². The Morgan fingerprint density at radius 2 is 1.78 bits per heavy atom. The molecule has 0 aliphatic heterocycles. The van der Waals surface area contributed by atoms with Gasteiger partial charge < -0.3 is 0 Å². The van der Waals surface area contributed by atoms with Gasteiger partial charge >= 0.3 is 0 Å². The summed E-state index contributed by atoms with van der Waals surface area (Å²) in [6.07, 6.45) is 2.77. The quantitative estimate of drug-likeness (QED) is 0.673. The molecule has 0 amide bonds. The van der Waals surface area contributed by atoms with Crippen LogP contribution >= 0.6 is 0 Å². The number of aromatic nitrogens is 2. The van der Waals surface area contributed by atoms with Crippen LogP contribution in [0.15, 0.2) is 54.7 Å². The summed E-state index contributed by atoms with van der Waals surface area (Å²) in [6, 6.07) is 16.4. The van der Waals surface area contributed by atoms with Gasteiger partial charge in [0.1, 0.15) is 0 Å². The van der Waals surface area contributed by atoms with Crippen LogP contribution in [-0.4, -0.2) is 9.97 Å². The molecule has 88 valence electrons. The Labute approximate surface area is 106 Å². The molecule has 3 rings (SSSR count). The van der Waals surface area contributed by atoms with Crippen molar-refractivity contribution in [3.05, 3.63) is 60.3 Å². The third-order valence-corrected chi connectivity index (χ3v) is 3.09. The van der Waals surface area contributed by atoms with Crippen molar-refractivity contribution in [2.24, 2.45) is 0 Å². The molecule has 0 saturated heterocycles. The van der Waals surface area contributed by atoms with Gasteiger partial charge in [0.15, 0.2) is 0 Å². The molecule has 2 aromatic heterocycles. The first-order chi connectivity index (χ1) is 8.88. The Morgan fingerprint density at radius 1 is 0.944 bits per heavy atom. The minimum Gasteiger partial charge on any atom is -0.255 e. The lowest BCUT2D eigenvalue weighted by molar-refractivity contribution is 1.12. The van der Waals surface area contributed by atoms with Gasteiger partial charge in [0.25, 0.3) is 0 Å². The van der Waals surface area contributed by atoms with Gasteiger partial charge in [-0.1, -0.05) is 37.3 Å². The monoisotopic (exact) mass is 234 g/mol. The van der Waals surface area contributed by atoms with E-state index in [0.29, 0.717) is 0 Å². The lowest BCUT2D eigenvalue weighted by atomic mass is 10.0. The molecule has 0 unspecified atom stereocenters. The molecule has 0 spiro atoms. The van der Waals surface area contributed by atoms with Crippen molar-refractivity contribution in [1.82, 2.24) is 9.97 Å². The fourth-order valence-corrected chi connectivity index (χ4v) is 2.16. The Hall–Kier alpha value is -2.22. The molecule has 2 nitrogen and oxygen atoms in total. The fourth-order valence-electron chi connectivity index (χ4n) is 2.16. The van der Waals surface area contributed by atoms with E-state index in [9.17, 15) is 0 Å². The Balaban J connectivity index is 2.27. The van der Waals surface area contributed by atoms with Crippen molar-refractivity contribution in [3.63, 3.8) is 0 Å². The van der Waals surface area contributed by atoms with Gasteiger partial charge in [-0.2, -0.15) is 0 Å². The summed E-state index contributed by atoms with van der Waals surface area (Å²) in [5, 5.41) is 0. The van der Waals surface area contributed by atoms with Crippen LogP contribution in [0.5, 0.6) is 0 Å². The highest BCUT2D eigenvalue weighted by Gasteiger charge is 2.07. The van der Waals surface area contributed by atoms with Crippen molar-refractivity contribution in [1.29, 1.82) is 0 Å². The third kappa shape index (κ3) is 1.86. The lowest BCUT2D eigenvalue weighted by Crippen LogP contribution is -1.94. The Kier molecular flexibility index (Phi) is 2.77. The number of benzene rings is 1. The molecule has 0 fully saturated rings. The zero-order valence-electron chi connectivity index (χ0n) is 10.3. The van der Waals surface area contributed by atoms with E-state index in [4.69, 9.17) is 4.98 Å². The summed E-state index contributed by atoms with van der Waals surface area (Å²) in [5.74, 6) is 0. The van der Waals surface area contributed by atoms with Gasteiger partial charge in [0.05, 0.1) is 16.7 Å². The maximum Gasteiger partial charge on any atom is 0.0894 e. The normalized spacial score (nSPS) is 10.7. The first kappa shape index (κ1) is 10.9. The van der Waals surface area contributed by atoms with Crippen LogP contribution in [0.4, 0.5) is 0 Å². The molecular weight excluding hydrogens is 220 g/mol. The van der Waals surface area contributed by atoms with Crippen molar-refractivity contribution >= 4 is 11.0 Å². The predicted molar refractivity (Wildman–Crippen MR) is 74.4 cm³/mol. The van der Waals surface area contributed by atoms with Crippen molar-refractivity contribution in [3.8, 4) is 11.3 Å². The van der Waals surface area contributed by atoms with Crippen LogP contribution in [0.1, 0.15) is 12.5 Å². The second-order valence-electron chi connectivity index (χ2n) is 4.26. The van der Waals surface area contributed by atoms with Crippen molar-refractivity contribution in [2.45, 2.75) is 13.3 Å². The van der Waals surface area contributed by atoms with Gasteiger partial charge in [-0.05, 0) is 30.2 Å². The van der Waals surface area contributed by atoms with Crippen LogP contribution < -0.4 is 0 Å². The second kappa shape index (κ2) is 4.57. The van der Waals surface area contributed by atoms with Gasteiger partial charge in [0, 0.05) is 11.8 Å². The molecule has 1 aromatic carbocycles. The number of fused-ring (bicyclic) bond motifs is 1.